The van der Waals surface area contributed by atoms with Crippen LogP contribution < -0.4 is 5.32 Å². The molecule has 0 fully saturated rings. The van der Waals surface area contributed by atoms with Crippen molar-refractivity contribution in [2.24, 2.45) is 0 Å². The largest absolute Gasteiger partial charge is 0.452 e. The number of aryl methyl sites for hydroxylation is 2. The molecule has 120 valence electrons. The first-order valence-electron chi connectivity index (χ1n) is 6.86. The number of anilines is 1. The van der Waals surface area contributed by atoms with Crippen molar-refractivity contribution in [1.82, 2.24) is 0 Å². The monoisotopic (exact) mass is 335 g/mol. The molecule has 0 heterocycles. The average molecular weight is 336 g/mol. The number of nitrogens with one attached hydrogen (secondary N) is 1. The van der Waals surface area contributed by atoms with E-state index < -0.39 is 24.3 Å². The number of halogens is 2. The van der Waals surface area contributed by atoms with Gasteiger partial charge in [-0.2, -0.15) is 0 Å². The van der Waals surface area contributed by atoms with Crippen LogP contribution in [-0.2, 0) is 9.53 Å². The van der Waals surface area contributed by atoms with Crippen molar-refractivity contribution in [2.45, 2.75) is 13.8 Å². The van der Waals surface area contributed by atoms with E-state index in [1.807, 2.05) is 32.0 Å². The van der Waals surface area contributed by atoms with Gasteiger partial charge in [0.25, 0.3) is 5.91 Å². The number of carbonyl (C=O) groups excluding carboxylic acids is 2. The molecule has 0 spiro atoms. The van der Waals surface area contributed by atoms with Crippen molar-refractivity contribution < 1.29 is 18.7 Å². The summed E-state index contributed by atoms with van der Waals surface area (Å²) in [5, 5.41) is 2.64. The van der Waals surface area contributed by atoms with Gasteiger partial charge < -0.3 is 10.1 Å². The van der Waals surface area contributed by atoms with Gasteiger partial charge >= 0.3 is 5.97 Å². The Morgan fingerprint density at radius 2 is 1.83 bits per heavy atom. The molecule has 0 aliphatic heterocycles. The first-order chi connectivity index (χ1) is 10.9. The zero-order valence-electron chi connectivity index (χ0n) is 12.7. The van der Waals surface area contributed by atoms with Gasteiger partial charge in [0.15, 0.2) is 6.61 Å². The van der Waals surface area contributed by atoms with Gasteiger partial charge in [0.2, 0.25) is 0 Å². The van der Waals surface area contributed by atoms with Gasteiger partial charge in [0.1, 0.15) is 5.82 Å². The molecule has 0 saturated carbocycles. The molecule has 0 atom stereocenters. The van der Waals surface area contributed by atoms with E-state index in [2.05, 4.69) is 5.32 Å². The highest BCUT2D eigenvalue weighted by molar-refractivity contribution is 6.33. The van der Waals surface area contributed by atoms with E-state index in [0.29, 0.717) is 5.69 Å². The summed E-state index contributed by atoms with van der Waals surface area (Å²) in [5.41, 5.74) is 2.51. The summed E-state index contributed by atoms with van der Waals surface area (Å²) in [4.78, 5) is 23.8. The van der Waals surface area contributed by atoms with Gasteiger partial charge in [0, 0.05) is 5.69 Å². The molecule has 2 aromatic rings. The van der Waals surface area contributed by atoms with Gasteiger partial charge in [-0.15, -0.1) is 0 Å². The van der Waals surface area contributed by atoms with Gasteiger partial charge in [-0.05, 0) is 43.2 Å². The molecule has 23 heavy (non-hydrogen) atoms. The van der Waals surface area contributed by atoms with E-state index >= 15 is 0 Å². The van der Waals surface area contributed by atoms with Crippen LogP contribution in [-0.4, -0.2) is 18.5 Å². The maximum atomic E-state index is 12.9. The lowest BCUT2D eigenvalue weighted by atomic mass is 10.1. The lowest BCUT2D eigenvalue weighted by Crippen LogP contribution is -2.22. The van der Waals surface area contributed by atoms with Crippen LogP contribution in [0.25, 0.3) is 0 Å². The van der Waals surface area contributed by atoms with Crippen LogP contribution in [0.3, 0.4) is 0 Å². The number of hydrogen-bond donors (Lipinski definition) is 1. The Kier molecular flexibility index (Phi) is 5.34. The SMILES string of the molecule is Cc1cccc(C)c1NC(=O)COC(=O)c1ccc(F)cc1Cl. The van der Waals surface area contributed by atoms with Crippen molar-refractivity contribution >= 4 is 29.2 Å². The van der Waals surface area contributed by atoms with Crippen molar-refractivity contribution in [3.8, 4) is 0 Å². The van der Waals surface area contributed by atoms with E-state index in [1.165, 1.54) is 6.07 Å². The minimum atomic E-state index is -0.786. The average Bonchev–Trinajstić information content (AvgIpc) is 2.49. The number of ether oxygens (including phenoxy) is 1. The van der Waals surface area contributed by atoms with Gasteiger partial charge in [-0.1, -0.05) is 29.8 Å². The lowest BCUT2D eigenvalue weighted by molar-refractivity contribution is -0.119. The number of amides is 1. The van der Waals surface area contributed by atoms with Crippen LogP contribution in [0.4, 0.5) is 10.1 Å². The van der Waals surface area contributed by atoms with Crippen molar-refractivity contribution in [1.29, 1.82) is 0 Å². The normalized spacial score (nSPS) is 10.3. The second-order valence-electron chi connectivity index (χ2n) is 5.02. The number of hydrogen-bond acceptors (Lipinski definition) is 3. The fraction of sp³-hybridized carbons (Fsp3) is 0.176. The molecular weight excluding hydrogens is 321 g/mol. The fourth-order valence-corrected chi connectivity index (χ4v) is 2.30. The Morgan fingerprint density at radius 1 is 1.17 bits per heavy atom. The molecule has 2 rings (SSSR count). The van der Waals surface area contributed by atoms with Crippen LogP contribution in [0, 0.1) is 19.7 Å². The van der Waals surface area contributed by atoms with E-state index in [-0.39, 0.29) is 10.6 Å². The van der Waals surface area contributed by atoms with Crippen LogP contribution in [0.5, 0.6) is 0 Å². The molecule has 1 amide bonds. The summed E-state index contributed by atoms with van der Waals surface area (Å²) in [7, 11) is 0. The molecule has 0 aliphatic carbocycles. The molecule has 0 radical (unpaired) electrons. The Labute approximate surface area is 138 Å². The molecule has 2 aromatic carbocycles. The van der Waals surface area contributed by atoms with E-state index in [1.54, 1.807) is 0 Å². The summed E-state index contributed by atoms with van der Waals surface area (Å²) in [6.07, 6.45) is 0. The summed E-state index contributed by atoms with van der Waals surface area (Å²) in [6.45, 7) is 3.28. The maximum absolute atomic E-state index is 12.9. The highest BCUT2D eigenvalue weighted by Crippen LogP contribution is 2.20. The first-order valence-corrected chi connectivity index (χ1v) is 7.24. The third-order valence-corrected chi connectivity index (χ3v) is 3.54. The van der Waals surface area contributed by atoms with Gasteiger partial charge in [-0.25, -0.2) is 9.18 Å². The van der Waals surface area contributed by atoms with Crippen molar-refractivity contribution in [3.05, 3.63) is 63.9 Å². The molecule has 0 bridgehead atoms. The predicted octanol–water partition coefficient (Wildman–Crippen LogP) is 3.89. The molecule has 4 nitrogen and oxygen atoms in total. The first kappa shape index (κ1) is 17.0. The number of benzene rings is 2. The van der Waals surface area contributed by atoms with Crippen LogP contribution >= 0.6 is 11.6 Å². The maximum Gasteiger partial charge on any atom is 0.340 e. The summed E-state index contributed by atoms with van der Waals surface area (Å²) in [5.74, 6) is -1.81. The van der Waals surface area contributed by atoms with Crippen LogP contribution in [0.15, 0.2) is 36.4 Å². The van der Waals surface area contributed by atoms with Crippen molar-refractivity contribution in [2.75, 3.05) is 11.9 Å². The summed E-state index contributed by atoms with van der Waals surface area (Å²) < 4.78 is 17.8. The number of rotatable bonds is 4. The Hall–Kier alpha value is -2.40. The molecule has 6 heteroatoms. The highest BCUT2D eigenvalue weighted by atomic mass is 35.5. The third kappa shape index (κ3) is 4.29. The highest BCUT2D eigenvalue weighted by Gasteiger charge is 2.15. The Bertz CT molecular complexity index is 741. The number of esters is 1. The molecule has 0 aliphatic rings. The number of carbonyl (C=O) groups is 2. The van der Waals surface area contributed by atoms with E-state index in [0.717, 1.165) is 23.3 Å². The van der Waals surface area contributed by atoms with Gasteiger partial charge in [0.05, 0.1) is 10.6 Å². The molecule has 0 aromatic heterocycles. The molecule has 0 saturated heterocycles. The second kappa shape index (κ2) is 7.24. The zero-order valence-corrected chi connectivity index (χ0v) is 13.4. The molecule has 0 unspecified atom stereocenters. The summed E-state index contributed by atoms with van der Waals surface area (Å²) in [6, 6.07) is 8.94. The van der Waals surface area contributed by atoms with Crippen molar-refractivity contribution in [3.63, 3.8) is 0 Å². The van der Waals surface area contributed by atoms with Crippen LogP contribution in [0.1, 0.15) is 21.5 Å². The smallest absolute Gasteiger partial charge is 0.340 e. The zero-order chi connectivity index (χ0) is 17.0. The minimum Gasteiger partial charge on any atom is -0.452 e. The van der Waals surface area contributed by atoms with Crippen LogP contribution in [0.2, 0.25) is 5.02 Å². The van der Waals surface area contributed by atoms with E-state index in [4.69, 9.17) is 16.3 Å². The minimum absolute atomic E-state index is 0.00735. The van der Waals surface area contributed by atoms with E-state index in [9.17, 15) is 14.0 Å². The lowest BCUT2D eigenvalue weighted by Gasteiger charge is -2.11. The Morgan fingerprint density at radius 3 is 2.43 bits per heavy atom. The second-order valence-corrected chi connectivity index (χ2v) is 5.42. The Balaban J connectivity index is 1.98. The molecular formula is C17H15ClFNO3. The topological polar surface area (TPSA) is 55.4 Å². The van der Waals surface area contributed by atoms with Gasteiger partial charge in [-0.3, -0.25) is 4.79 Å². The summed E-state index contributed by atoms with van der Waals surface area (Å²) >= 11 is 5.77. The molecule has 1 N–H and O–H groups in total. The fourth-order valence-electron chi connectivity index (χ4n) is 2.05. The quantitative estimate of drug-likeness (QED) is 0.862. The standard InChI is InChI=1S/C17H15ClFNO3/c1-10-4-3-5-11(2)16(10)20-15(21)9-23-17(22)13-7-6-12(19)8-14(13)18/h3-8H,9H2,1-2H3,(H,20,21). The third-order valence-electron chi connectivity index (χ3n) is 3.23. The number of para-hydroxylation sites is 1. The predicted molar refractivity (Wildman–Crippen MR) is 86.2 cm³/mol.